The van der Waals surface area contributed by atoms with Crippen LogP contribution in [-0.4, -0.2) is 233 Å². The van der Waals surface area contributed by atoms with Gasteiger partial charge in [-0.1, -0.05) is 67.9 Å². The molecule has 2 bridgehead atoms. The molecule has 30 atom stereocenters. The van der Waals surface area contributed by atoms with Gasteiger partial charge in [0.2, 0.25) is 12.1 Å². The van der Waals surface area contributed by atoms with Gasteiger partial charge >= 0.3 is 17.9 Å². The number of hydrogen-bond donors (Lipinski definition) is 12. The molecular formula is C68H110O26. The largest absolute Gasteiger partial charge is 0.504 e. The lowest BCUT2D eigenvalue weighted by Crippen LogP contribution is -2.65. The van der Waals surface area contributed by atoms with Gasteiger partial charge in [-0.2, -0.15) is 0 Å². The zero-order valence-corrected chi connectivity index (χ0v) is 56.6. The summed E-state index contributed by atoms with van der Waals surface area (Å²) in [5.74, 6) is -11.8. The van der Waals surface area contributed by atoms with Crippen molar-refractivity contribution in [3.05, 3.63) is 35.9 Å². The molecule has 26 nitrogen and oxygen atoms in total. The first-order valence-electron chi connectivity index (χ1n) is 33.9. The number of carbonyl (C=O) groups excluding carboxylic acids is 4. The Labute approximate surface area is 552 Å². The van der Waals surface area contributed by atoms with Crippen LogP contribution < -0.4 is 4.74 Å². The molecule has 538 valence electrons. The van der Waals surface area contributed by atoms with E-state index in [4.69, 9.17) is 47.4 Å². The van der Waals surface area contributed by atoms with E-state index in [-0.39, 0.29) is 80.8 Å². The molecule has 0 aromatic heterocycles. The average Bonchev–Trinajstić information content (AvgIpc) is 1.29. The first-order chi connectivity index (χ1) is 44.2. The Bertz CT molecular complexity index is 2570. The SMILES string of the molecule is CCC(OC1CC(OC(=O)c2ccc(O)c(OC3CCC(O)C(C)O3)c2)C(OC)C(C)O1)C(C)C(O)C(C)C(O)C(C)C1OC(=O)/C=C/C(C)C(O)CC(O)C(C)CCCC(C)C(O)C(=O)C2(O)OC(CC(OC(C)=O)CC(O)CCCC(O)C3OC3C1C)CC(O)C2O. The van der Waals surface area contributed by atoms with Crippen LogP contribution >= 0.6 is 0 Å². The van der Waals surface area contributed by atoms with Crippen molar-refractivity contribution in [2.45, 2.75) is 306 Å². The van der Waals surface area contributed by atoms with E-state index < -0.39 is 200 Å². The minimum Gasteiger partial charge on any atom is -0.504 e. The number of esters is 3. The molecule has 5 aliphatic rings. The van der Waals surface area contributed by atoms with Gasteiger partial charge in [0.25, 0.3) is 5.79 Å². The van der Waals surface area contributed by atoms with Crippen LogP contribution in [0.5, 0.6) is 11.5 Å². The first kappa shape index (κ1) is 79.0. The molecule has 0 spiro atoms. The summed E-state index contributed by atoms with van der Waals surface area (Å²) < 4.78 is 59.7. The minimum absolute atomic E-state index is 0.00929. The lowest BCUT2D eigenvalue weighted by Gasteiger charge is -2.44. The van der Waals surface area contributed by atoms with Crippen LogP contribution in [0, 0.1) is 41.4 Å². The van der Waals surface area contributed by atoms with Crippen LogP contribution in [0.1, 0.15) is 176 Å². The molecule has 0 amide bonds. The van der Waals surface area contributed by atoms with E-state index in [9.17, 15) is 80.5 Å². The third kappa shape index (κ3) is 21.0. The molecular weight excluding hydrogens is 1230 g/mol. The number of Topliss-reactive ketones (excluding diaryl/α,β-unsaturated/α-hetero) is 1. The highest BCUT2D eigenvalue weighted by Crippen LogP contribution is 2.42. The summed E-state index contributed by atoms with van der Waals surface area (Å²) in [6, 6.07) is 4.04. The summed E-state index contributed by atoms with van der Waals surface area (Å²) >= 11 is 0. The predicted molar refractivity (Wildman–Crippen MR) is 335 cm³/mol. The van der Waals surface area contributed by atoms with Crippen molar-refractivity contribution < 1.29 is 128 Å². The molecule has 0 radical (unpaired) electrons. The molecule has 1 aromatic rings. The molecule has 5 aliphatic heterocycles. The number of rotatable bonds is 15. The van der Waals surface area contributed by atoms with E-state index in [0.29, 0.717) is 32.1 Å². The van der Waals surface area contributed by atoms with Crippen molar-refractivity contribution in [1.82, 2.24) is 0 Å². The molecule has 5 heterocycles. The molecule has 6 rings (SSSR count). The van der Waals surface area contributed by atoms with Crippen molar-refractivity contribution in [3.8, 4) is 11.5 Å². The van der Waals surface area contributed by atoms with E-state index in [2.05, 4.69) is 0 Å². The summed E-state index contributed by atoms with van der Waals surface area (Å²) in [5, 5.41) is 135. The number of ketones is 1. The number of aromatic hydroxyl groups is 1. The number of cyclic esters (lactones) is 1. The zero-order valence-electron chi connectivity index (χ0n) is 56.6. The molecule has 0 aliphatic carbocycles. The van der Waals surface area contributed by atoms with Gasteiger partial charge in [-0.15, -0.1) is 0 Å². The van der Waals surface area contributed by atoms with Crippen LogP contribution in [0.25, 0.3) is 0 Å². The number of benzene rings is 1. The molecule has 94 heavy (non-hydrogen) atoms. The van der Waals surface area contributed by atoms with Gasteiger partial charge in [0.15, 0.2) is 17.8 Å². The van der Waals surface area contributed by atoms with Crippen molar-refractivity contribution in [1.29, 1.82) is 0 Å². The van der Waals surface area contributed by atoms with E-state index in [1.54, 1.807) is 62.3 Å². The highest BCUT2D eigenvalue weighted by molar-refractivity contribution is 5.91. The van der Waals surface area contributed by atoms with Crippen LogP contribution in [0.4, 0.5) is 0 Å². The van der Waals surface area contributed by atoms with E-state index in [1.165, 1.54) is 31.4 Å². The highest BCUT2D eigenvalue weighted by Gasteiger charge is 2.57. The second-order valence-corrected chi connectivity index (χ2v) is 27.7. The van der Waals surface area contributed by atoms with Gasteiger partial charge in [0.1, 0.15) is 42.7 Å². The number of epoxide rings is 1. The maximum Gasteiger partial charge on any atom is 0.338 e. The summed E-state index contributed by atoms with van der Waals surface area (Å²) in [4.78, 5) is 53.7. The highest BCUT2D eigenvalue weighted by atomic mass is 16.7. The molecule has 4 fully saturated rings. The lowest BCUT2D eigenvalue weighted by atomic mass is 9.77. The van der Waals surface area contributed by atoms with Crippen molar-refractivity contribution in [2.24, 2.45) is 41.4 Å². The number of hydrogen-bond acceptors (Lipinski definition) is 26. The second-order valence-electron chi connectivity index (χ2n) is 27.7. The number of phenols is 1. The minimum atomic E-state index is -3.04. The number of carbonyl (C=O) groups is 4. The molecule has 0 saturated carbocycles. The molecule has 4 saturated heterocycles. The van der Waals surface area contributed by atoms with Crippen molar-refractivity contribution >= 4 is 23.7 Å². The van der Waals surface area contributed by atoms with E-state index in [1.807, 2.05) is 6.92 Å². The standard InChI is InChI=1S/C68H110O26/c1-13-52(89-57-31-54(63(85-12)40(10)87-57)91-67(83)42-21-22-47(72)53(26-42)90-56-25-23-46(71)39(9)86-56)35(5)59(79)36(6)60(80)37(7)61-38(8)62-64(93-62)48(73)19-15-18-43(70)27-44(88-41(11)69)28-45-29-51(76)65(81)68(84,94-45)66(82)58(78)34(4)17-14-16-32(2)49(74)30-50(75)33(3)20-24-55(77)92-61/h20-22,24,26,32-40,43-46,48-52,54,56-65,70-76,78-81,84H,13-19,23,25,27-31H2,1-12H3/b24-20+. The number of methoxy groups -OCH3 is 1. The second kappa shape index (κ2) is 35.6. The fraction of sp³-hybridized carbons (Fsp3) is 0.824. The van der Waals surface area contributed by atoms with Gasteiger partial charge in [-0.05, 0) is 88.8 Å². The normalized spacial score (nSPS) is 40.6. The van der Waals surface area contributed by atoms with Crippen molar-refractivity contribution in [2.75, 3.05) is 7.11 Å². The molecule has 26 heteroatoms. The predicted octanol–water partition coefficient (Wildman–Crippen LogP) is 3.57. The Morgan fingerprint density at radius 1 is 0.702 bits per heavy atom. The molecule has 1 aromatic carbocycles. The smallest absolute Gasteiger partial charge is 0.338 e. The Morgan fingerprint density at radius 3 is 2.03 bits per heavy atom. The summed E-state index contributed by atoms with van der Waals surface area (Å²) in [7, 11) is 1.46. The number of phenolic OH excluding ortho intramolecular Hbond substituents is 1. The van der Waals surface area contributed by atoms with Crippen LogP contribution in [-0.2, 0) is 57.0 Å². The summed E-state index contributed by atoms with van der Waals surface area (Å²) in [6.45, 7) is 18.3. The van der Waals surface area contributed by atoms with Gasteiger partial charge in [-0.3, -0.25) is 9.59 Å². The van der Waals surface area contributed by atoms with Gasteiger partial charge in [0, 0.05) is 88.2 Å². The van der Waals surface area contributed by atoms with Crippen LogP contribution in [0.3, 0.4) is 0 Å². The fourth-order valence-electron chi connectivity index (χ4n) is 13.8. The summed E-state index contributed by atoms with van der Waals surface area (Å²) in [6.07, 6.45) is -18.7. The summed E-state index contributed by atoms with van der Waals surface area (Å²) in [5.41, 5.74) is 0.0732. The third-order valence-corrected chi connectivity index (χ3v) is 20.2. The number of fused-ring (bicyclic) bond motifs is 3. The average molecular weight is 1340 g/mol. The Balaban J connectivity index is 1.15. The monoisotopic (exact) mass is 1340 g/mol. The fourth-order valence-corrected chi connectivity index (χ4v) is 13.8. The quantitative estimate of drug-likeness (QED) is 0.0678. The van der Waals surface area contributed by atoms with E-state index in [0.717, 1.165) is 13.0 Å². The van der Waals surface area contributed by atoms with Crippen LogP contribution in [0.15, 0.2) is 30.4 Å². The zero-order chi connectivity index (χ0) is 69.8. The molecule has 30 unspecified atom stereocenters. The van der Waals surface area contributed by atoms with E-state index >= 15 is 0 Å². The Kier molecular flexibility index (Phi) is 29.9. The first-order valence-corrected chi connectivity index (χ1v) is 33.9. The number of aliphatic hydroxyl groups is 11. The maximum atomic E-state index is 13.9. The number of aliphatic hydroxyl groups excluding tert-OH is 10. The number of ether oxygens (including phenoxy) is 10. The van der Waals surface area contributed by atoms with Crippen LogP contribution in [0.2, 0.25) is 0 Å². The third-order valence-electron chi connectivity index (χ3n) is 20.2. The van der Waals surface area contributed by atoms with Crippen molar-refractivity contribution in [3.63, 3.8) is 0 Å². The van der Waals surface area contributed by atoms with Gasteiger partial charge < -0.3 is 109 Å². The molecule has 12 N–H and O–H groups in total. The Morgan fingerprint density at radius 2 is 1.37 bits per heavy atom. The Hall–Kier alpha value is -4.04. The lowest BCUT2D eigenvalue weighted by molar-refractivity contribution is -0.309. The van der Waals surface area contributed by atoms with Gasteiger partial charge in [-0.25, -0.2) is 9.59 Å². The van der Waals surface area contributed by atoms with Gasteiger partial charge in [0.05, 0.1) is 84.9 Å². The topological polar surface area (TPSA) is 407 Å². The maximum absolute atomic E-state index is 13.9.